The van der Waals surface area contributed by atoms with Gasteiger partial charge in [-0.2, -0.15) is 10.1 Å². The van der Waals surface area contributed by atoms with E-state index in [1.54, 1.807) is 13.1 Å². The zero-order chi connectivity index (χ0) is 16.2. The van der Waals surface area contributed by atoms with Gasteiger partial charge in [0, 0.05) is 43.3 Å². The standard InChI is InChI=1S/C15H17BrN6O/c1-11(23)21-5-7-22(8-6-21)14-10-17-20-15(19-14)18-13-4-2-3-12(16)9-13/h2-4,9-10H,5-8H2,1H3,(H,18,19,20). The average Bonchev–Trinajstić information content (AvgIpc) is 2.55. The number of anilines is 3. The van der Waals surface area contributed by atoms with Crippen LogP contribution in [0.25, 0.3) is 0 Å². The minimum atomic E-state index is 0.113. The van der Waals surface area contributed by atoms with E-state index in [0.717, 1.165) is 29.1 Å². The fourth-order valence-electron chi connectivity index (χ4n) is 2.45. The number of nitrogens with zero attached hydrogens (tertiary/aromatic N) is 5. The average molecular weight is 377 g/mol. The van der Waals surface area contributed by atoms with Gasteiger partial charge in [-0.3, -0.25) is 4.79 Å². The van der Waals surface area contributed by atoms with Gasteiger partial charge < -0.3 is 15.1 Å². The van der Waals surface area contributed by atoms with Crippen molar-refractivity contribution in [1.29, 1.82) is 0 Å². The van der Waals surface area contributed by atoms with Crippen molar-refractivity contribution in [3.63, 3.8) is 0 Å². The summed E-state index contributed by atoms with van der Waals surface area (Å²) in [5.74, 6) is 1.33. The Balaban J connectivity index is 1.69. The van der Waals surface area contributed by atoms with Crippen molar-refractivity contribution in [2.45, 2.75) is 6.92 Å². The lowest BCUT2D eigenvalue weighted by Gasteiger charge is -2.34. The molecule has 1 N–H and O–H groups in total. The highest BCUT2D eigenvalue weighted by Crippen LogP contribution is 2.20. The van der Waals surface area contributed by atoms with E-state index in [1.165, 1.54) is 0 Å². The van der Waals surface area contributed by atoms with E-state index in [-0.39, 0.29) is 5.91 Å². The number of halogens is 1. The second-order valence-corrected chi connectivity index (χ2v) is 6.18. The molecule has 3 rings (SSSR count). The Kier molecular flexibility index (Phi) is 4.71. The third-order valence-electron chi connectivity index (χ3n) is 3.68. The Bertz CT molecular complexity index is 702. The number of benzene rings is 1. The fourth-order valence-corrected chi connectivity index (χ4v) is 2.85. The normalized spacial score (nSPS) is 14.7. The number of piperazine rings is 1. The summed E-state index contributed by atoms with van der Waals surface area (Å²) in [6.07, 6.45) is 1.65. The van der Waals surface area contributed by atoms with Crippen molar-refractivity contribution in [1.82, 2.24) is 20.1 Å². The van der Waals surface area contributed by atoms with Crippen LogP contribution in [0, 0.1) is 0 Å². The molecule has 23 heavy (non-hydrogen) atoms. The van der Waals surface area contributed by atoms with E-state index in [1.807, 2.05) is 29.2 Å². The fraction of sp³-hybridized carbons (Fsp3) is 0.333. The molecule has 0 unspecified atom stereocenters. The third kappa shape index (κ3) is 3.95. The maximum absolute atomic E-state index is 11.4. The first-order chi connectivity index (χ1) is 11.1. The zero-order valence-corrected chi connectivity index (χ0v) is 14.3. The summed E-state index contributed by atoms with van der Waals surface area (Å²) in [6.45, 7) is 4.49. The highest BCUT2D eigenvalue weighted by molar-refractivity contribution is 9.10. The van der Waals surface area contributed by atoms with Gasteiger partial charge in [-0.15, -0.1) is 5.10 Å². The number of nitrogens with one attached hydrogen (secondary N) is 1. The SMILES string of the molecule is CC(=O)N1CCN(c2cnnc(Nc3cccc(Br)c3)n2)CC1. The minimum Gasteiger partial charge on any atom is -0.352 e. The van der Waals surface area contributed by atoms with Gasteiger partial charge in [-0.05, 0) is 18.2 Å². The summed E-state index contributed by atoms with van der Waals surface area (Å²) in [4.78, 5) is 19.8. The number of hydrogen-bond acceptors (Lipinski definition) is 6. The molecule has 1 amide bonds. The first-order valence-electron chi connectivity index (χ1n) is 7.34. The molecule has 1 aromatic carbocycles. The van der Waals surface area contributed by atoms with Gasteiger partial charge in [0.15, 0.2) is 5.82 Å². The molecule has 2 aromatic rings. The number of hydrogen-bond donors (Lipinski definition) is 1. The van der Waals surface area contributed by atoms with Crippen LogP contribution in [0.1, 0.15) is 6.92 Å². The maximum Gasteiger partial charge on any atom is 0.249 e. The number of aromatic nitrogens is 3. The van der Waals surface area contributed by atoms with Crippen LogP contribution in [0.4, 0.5) is 17.5 Å². The molecular formula is C15H17BrN6O. The number of carbonyl (C=O) groups excluding carboxylic acids is 1. The molecule has 0 saturated carbocycles. The molecule has 0 spiro atoms. The van der Waals surface area contributed by atoms with E-state index in [9.17, 15) is 4.79 Å². The quantitative estimate of drug-likeness (QED) is 0.883. The van der Waals surface area contributed by atoms with Gasteiger partial charge in [-0.25, -0.2) is 0 Å². The molecule has 2 heterocycles. The van der Waals surface area contributed by atoms with Crippen molar-refractivity contribution in [3.8, 4) is 0 Å². The maximum atomic E-state index is 11.4. The van der Waals surface area contributed by atoms with E-state index in [0.29, 0.717) is 19.0 Å². The summed E-state index contributed by atoms with van der Waals surface area (Å²) in [7, 11) is 0. The van der Waals surface area contributed by atoms with Crippen molar-refractivity contribution in [3.05, 3.63) is 34.9 Å². The number of amides is 1. The molecule has 0 atom stereocenters. The smallest absolute Gasteiger partial charge is 0.249 e. The van der Waals surface area contributed by atoms with E-state index in [2.05, 4.69) is 41.3 Å². The molecule has 120 valence electrons. The second-order valence-electron chi connectivity index (χ2n) is 5.27. The van der Waals surface area contributed by atoms with Crippen LogP contribution in [0.3, 0.4) is 0 Å². The molecule has 1 aliphatic heterocycles. The largest absolute Gasteiger partial charge is 0.352 e. The minimum absolute atomic E-state index is 0.113. The van der Waals surface area contributed by atoms with Crippen LogP contribution in [0.15, 0.2) is 34.9 Å². The Morgan fingerprint density at radius 2 is 2.04 bits per heavy atom. The van der Waals surface area contributed by atoms with Crippen LogP contribution in [0.5, 0.6) is 0 Å². The van der Waals surface area contributed by atoms with Crippen LogP contribution >= 0.6 is 15.9 Å². The molecular weight excluding hydrogens is 360 g/mol. The van der Waals surface area contributed by atoms with Gasteiger partial charge in [0.1, 0.15) is 0 Å². The topological polar surface area (TPSA) is 74.2 Å². The van der Waals surface area contributed by atoms with Crippen molar-refractivity contribution in [2.24, 2.45) is 0 Å². The Labute approximate surface area is 142 Å². The molecule has 0 aliphatic carbocycles. The van der Waals surface area contributed by atoms with E-state index < -0.39 is 0 Å². The monoisotopic (exact) mass is 376 g/mol. The van der Waals surface area contributed by atoms with Crippen molar-refractivity contribution < 1.29 is 4.79 Å². The van der Waals surface area contributed by atoms with Crippen LogP contribution in [0.2, 0.25) is 0 Å². The van der Waals surface area contributed by atoms with Crippen molar-refractivity contribution >= 4 is 39.3 Å². The summed E-state index contributed by atoms with van der Waals surface area (Å²) in [5, 5.41) is 11.2. The molecule has 0 radical (unpaired) electrons. The summed E-state index contributed by atoms with van der Waals surface area (Å²) in [6, 6.07) is 7.77. The van der Waals surface area contributed by atoms with Gasteiger partial charge >= 0.3 is 0 Å². The molecule has 7 nitrogen and oxygen atoms in total. The van der Waals surface area contributed by atoms with Gasteiger partial charge in [0.25, 0.3) is 0 Å². The van der Waals surface area contributed by atoms with Gasteiger partial charge in [0.2, 0.25) is 11.9 Å². The van der Waals surface area contributed by atoms with E-state index in [4.69, 9.17) is 0 Å². The lowest BCUT2D eigenvalue weighted by atomic mass is 10.3. The highest BCUT2D eigenvalue weighted by Gasteiger charge is 2.20. The second kappa shape index (κ2) is 6.91. The first kappa shape index (κ1) is 15.7. The van der Waals surface area contributed by atoms with E-state index >= 15 is 0 Å². The first-order valence-corrected chi connectivity index (χ1v) is 8.14. The lowest BCUT2D eigenvalue weighted by Crippen LogP contribution is -2.48. The van der Waals surface area contributed by atoms with Crippen LogP contribution in [-0.4, -0.2) is 52.2 Å². The Hall–Kier alpha value is -2.22. The zero-order valence-electron chi connectivity index (χ0n) is 12.7. The highest BCUT2D eigenvalue weighted by atomic mass is 79.9. The Morgan fingerprint density at radius 3 is 2.74 bits per heavy atom. The van der Waals surface area contributed by atoms with Gasteiger partial charge in [0.05, 0.1) is 6.20 Å². The van der Waals surface area contributed by atoms with Gasteiger partial charge in [-0.1, -0.05) is 22.0 Å². The predicted octanol–water partition coefficient (Wildman–Crippen LogP) is 2.05. The molecule has 1 saturated heterocycles. The number of carbonyl (C=O) groups is 1. The molecule has 1 aliphatic rings. The molecule has 8 heteroatoms. The van der Waals surface area contributed by atoms with Crippen LogP contribution < -0.4 is 10.2 Å². The summed E-state index contributed by atoms with van der Waals surface area (Å²) >= 11 is 3.43. The Morgan fingerprint density at radius 1 is 1.26 bits per heavy atom. The molecule has 1 aromatic heterocycles. The third-order valence-corrected chi connectivity index (χ3v) is 4.17. The summed E-state index contributed by atoms with van der Waals surface area (Å²) < 4.78 is 0.979. The molecule has 0 bridgehead atoms. The van der Waals surface area contributed by atoms with Crippen molar-refractivity contribution in [2.75, 3.05) is 36.4 Å². The number of rotatable bonds is 3. The predicted molar refractivity (Wildman–Crippen MR) is 91.7 cm³/mol. The van der Waals surface area contributed by atoms with Crippen LogP contribution in [-0.2, 0) is 4.79 Å². The summed E-state index contributed by atoms with van der Waals surface area (Å²) in [5.41, 5.74) is 0.889. The molecule has 1 fully saturated rings. The lowest BCUT2D eigenvalue weighted by molar-refractivity contribution is -0.129.